The molecule has 1 amide bonds. The van der Waals surface area contributed by atoms with Crippen LogP contribution in [0.5, 0.6) is 0 Å². The number of anilines is 1. The topological polar surface area (TPSA) is 49.4 Å². The summed E-state index contributed by atoms with van der Waals surface area (Å²) in [5.41, 5.74) is 1.70. The van der Waals surface area contributed by atoms with E-state index in [2.05, 4.69) is 11.9 Å². The summed E-state index contributed by atoms with van der Waals surface area (Å²) in [6, 6.07) is 4.96. The molecule has 0 saturated carbocycles. The van der Waals surface area contributed by atoms with Crippen LogP contribution in [0.15, 0.2) is 30.4 Å². The molecule has 0 spiro atoms. The predicted molar refractivity (Wildman–Crippen MR) is 75.8 cm³/mol. The molecule has 0 radical (unpaired) electrons. The van der Waals surface area contributed by atoms with Crippen molar-refractivity contribution in [3.05, 3.63) is 40.9 Å². The highest BCUT2D eigenvalue weighted by atomic mass is 35.5. The molecule has 0 fully saturated rings. The number of likely N-dealkylation sites (N-methyl/N-ethyl adjacent to an activating group) is 1. The molecule has 0 atom stereocenters. The van der Waals surface area contributed by atoms with E-state index >= 15 is 0 Å². The predicted octanol–water partition coefficient (Wildman–Crippen LogP) is 2.03. The zero-order chi connectivity index (χ0) is 14.0. The van der Waals surface area contributed by atoms with Gasteiger partial charge >= 0.3 is 0 Å². The molecule has 1 aliphatic rings. The van der Waals surface area contributed by atoms with Crippen LogP contribution < -0.4 is 10.2 Å². The van der Waals surface area contributed by atoms with Gasteiger partial charge in [-0.3, -0.25) is 14.5 Å². The van der Waals surface area contributed by atoms with Gasteiger partial charge < -0.3 is 5.32 Å². The van der Waals surface area contributed by atoms with Crippen LogP contribution >= 0.6 is 11.6 Å². The van der Waals surface area contributed by atoms with E-state index in [1.165, 1.54) is 4.90 Å². The normalized spacial score (nSPS) is 13.9. The number of carbonyl (C=O) groups is 2. The van der Waals surface area contributed by atoms with Crippen LogP contribution in [0.2, 0.25) is 5.02 Å². The molecule has 2 rings (SSSR count). The molecular weight excluding hydrogens is 264 g/mol. The third-order valence-electron chi connectivity index (χ3n) is 2.95. The minimum absolute atomic E-state index is 0.300. The average Bonchev–Trinajstić information content (AvgIpc) is 2.63. The van der Waals surface area contributed by atoms with Crippen molar-refractivity contribution in [1.29, 1.82) is 0 Å². The molecule has 0 aliphatic carbocycles. The van der Waals surface area contributed by atoms with Crippen molar-refractivity contribution in [1.82, 2.24) is 5.32 Å². The second-order valence-corrected chi connectivity index (χ2v) is 4.79. The first-order chi connectivity index (χ1) is 9.06. The number of amides is 1. The van der Waals surface area contributed by atoms with Gasteiger partial charge in [0.25, 0.3) is 11.7 Å². The molecule has 4 nitrogen and oxygen atoms in total. The van der Waals surface area contributed by atoms with Crippen molar-refractivity contribution >= 4 is 29.0 Å². The number of Topliss-reactive ketones (excluding diaryl/α,β-unsaturated/α-hetero) is 1. The lowest BCUT2D eigenvalue weighted by atomic mass is 10.1. The number of halogens is 1. The molecule has 0 saturated heterocycles. The van der Waals surface area contributed by atoms with Crippen LogP contribution in [0.4, 0.5) is 5.69 Å². The fourth-order valence-corrected chi connectivity index (χ4v) is 2.32. The van der Waals surface area contributed by atoms with Gasteiger partial charge in [0.05, 0.1) is 16.3 Å². The van der Waals surface area contributed by atoms with Gasteiger partial charge in [-0.2, -0.15) is 0 Å². The minimum Gasteiger partial charge on any atom is -0.313 e. The van der Waals surface area contributed by atoms with Gasteiger partial charge in [-0.25, -0.2) is 0 Å². The summed E-state index contributed by atoms with van der Waals surface area (Å²) in [5, 5.41) is 3.54. The van der Waals surface area contributed by atoms with Crippen LogP contribution in [-0.2, 0) is 4.79 Å². The molecular formula is C14H15ClN2O2. The largest absolute Gasteiger partial charge is 0.313 e. The van der Waals surface area contributed by atoms with Gasteiger partial charge in [-0.1, -0.05) is 31.2 Å². The summed E-state index contributed by atoms with van der Waals surface area (Å²) < 4.78 is 0. The highest BCUT2D eigenvalue weighted by Gasteiger charge is 2.37. The summed E-state index contributed by atoms with van der Waals surface area (Å²) >= 11 is 6.09. The molecule has 19 heavy (non-hydrogen) atoms. The minimum atomic E-state index is -0.541. The number of para-hydroxylation sites is 1. The molecule has 1 aromatic rings. The van der Waals surface area contributed by atoms with E-state index in [0.29, 0.717) is 29.4 Å². The van der Waals surface area contributed by atoms with Crippen molar-refractivity contribution in [2.24, 2.45) is 0 Å². The maximum Gasteiger partial charge on any atom is 0.299 e. The molecule has 100 valence electrons. The summed E-state index contributed by atoms with van der Waals surface area (Å²) in [7, 11) is 0. The third kappa shape index (κ3) is 2.55. The average molecular weight is 279 g/mol. The fraction of sp³-hybridized carbons (Fsp3) is 0.286. The number of nitrogens with one attached hydrogen (secondary N) is 1. The number of fused-ring (bicyclic) bond motifs is 1. The van der Waals surface area contributed by atoms with Crippen molar-refractivity contribution in [3.63, 3.8) is 0 Å². The van der Waals surface area contributed by atoms with Crippen molar-refractivity contribution in [2.45, 2.75) is 6.92 Å². The zero-order valence-electron chi connectivity index (χ0n) is 10.7. The molecule has 5 heteroatoms. The maximum absolute atomic E-state index is 12.0. The van der Waals surface area contributed by atoms with E-state index in [-0.39, 0.29) is 0 Å². The molecule has 1 aromatic carbocycles. The van der Waals surface area contributed by atoms with Crippen molar-refractivity contribution in [2.75, 3.05) is 24.5 Å². The van der Waals surface area contributed by atoms with Gasteiger partial charge in [0.2, 0.25) is 0 Å². The molecule has 0 unspecified atom stereocenters. The zero-order valence-corrected chi connectivity index (χ0v) is 11.5. The van der Waals surface area contributed by atoms with Crippen molar-refractivity contribution in [3.8, 4) is 0 Å². The smallest absolute Gasteiger partial charge is 0.299 e. The summed E-state index contributed by atoms with van der Waals surface area (Å²) in [6.45, 7) is 7.63. The first-order valence-electron chi connectivity index (χ1n) is 6.08. The molecule has 0 aromatic heterocycles. The van der Waals surface area contributed by atoms with Gasteiger partial charge in [-0.05, 0) is 24.3 Å². The standard InChI is InChI=1S/C14H15ClN2O2/c1-3-16-7-9(2)8-17-12-10(13(18)14(17)19)5-4-6-11(12)15/h4-6,16H,2-3,7-8H2,1H3. The maximum atomic E-state index is 12.0. The Kier molecular flexibility index (Phi) is 4.02. The SMILES string of the molecule is C=C(CNCC)CN1C(=O)C(=O)c2cccc(Cl)c21. The van der Waals surface area contributed by atoms with Gasteiger partial charge in [0.15, 0.2) is 0 Å². The van der Waals surface area contributed by atoms with E-state index in [0.717, 1.165) is 12.1 Å². The van der Waals surface area contributed by atoms with Crippen LogP contribution in [0.3, 0.4) is 0 Å². The second-order valence-electron chi connectivity index (χ2n) is 4.39. The third-order valence-corrected chi connectivity index (χ3v) is 3.25. The number of ketones is 1. The Labute approximate surface area is 117 Å². The molecule has 1 aliphatic heterocycles. The second kappa shape index (κ2) is 5.55. The Balaban J connectivity index is 2.26. The van der Waals surface area contributed by atoms with E-state index in [9.17, 15) is 9.59 Å². The fourth-order valence-electron chi connectivity index (χ4n) is 2.04. The number of benzene rings is 1. The number of rotatable bonds is 5. The van der Waals surface area contributed by atoms with Gasteiger partial charge in [-0.15, -0.1) is 0 Å². The van der Waals surface area contributed by atoms with Gasteiger partial charge in [0, 0.05) is 13.1 Å². The van der Waals surface area contributed by atoms with Crippen LogP contribution in [-0.4, -0.2) is 31.3 Å². The Morgan fingerprint density at radius 1 is 1.42 bits per heavy atom. The lowest BCUT2D eigenvalue weighted by molar-refractivity contribution is -0.114. The lowest BCUT2D eigenvalue weighted by Crippen LogP contribution is -2.33. The van der Waals surface area contributed by atoms with E-state index in [4.69, 9.17) is 11.6 Å². The number of carbonyl (C=O) groups excluding carboxylic acids is 2. The highest BCUT2D eigenvalue weighted by Crippen LogP contribution is 2.35. The first-order valence-corrected chi connectivity index (χ1v) is 6.46. The Morgan fingerprint density at radius 3 is 2.84 bits per heavy atom. The number of nitrogens with zero attached hydrogens (tertiary/aromatic N) is 1. The molecule has 1 N–H and O–H groups in total. The number of hydrogen-bond donors (Lipinski definition) is 1. The summed E-state index contributed by atoms with van der Waals surface area (Å²) in [6.07, 6.45) is 0. The van der Waals surface area contributed by atoms with Crippen LogP contribution in [0, 0.1) is 0 Å². The number of hydrogen-bond acceptors (Lipinski definition) is 3. The Morgan fingerprint density at radius 2 is 2.16 bits per heavy atom. The van der Waals surface area contributed by atoms with Crippen LogP contribution in [0.1, 0.15) is 17.3 Å². The van der Waals surface area contributed by atoms with E-state index < -0.39 is 11.7 Å². The summed E-state index contributed by atoms with van der Waals surface area (Å²) in [4.78, 5) is 25.2. The highest BCUT2D eigenvalue weighted by molar-refractivity contribution is 6.54. The van der Waals surface area contributed by atoms with E-state index in [1.54, 1.807) is 18.2 Å². The lowest BCUT2D eigenvalue weighted by Gasteiger charge is -2.19. The van der Waals surface area contributed by atoms with Crippen molar-refractivity contribution < 1.29 is 9.59 Å². The molecule has 0 bridgehead atoms. The summed E-state index contributed by atoms with van der Waals surface area (Å²) in [5.74, 6) is -1.05. The van der Waals surface area contributed by atoms with Gasteiger partial charge in [0.1, 0.15) is 0 Å². The first kappa shape index (κ1) is 13.8. The van der Waals surface area contributed by atoms with E-state index in [1.807, 2.05) is 6.92 Å². The quantitative estimate of drug-likeness (QED) is 0.662. The Bertz CT molecular complexity index is 554. The molecule has 1 heterocycles. The monoisotopic (exact) mass is 278 g/mol. The van der Waals surface area contributed by atoms with Crippen LogP contribution in [0.25, 0.3) is 0 Å². The Hall–Kier alpha value is -1.65.